The topological polar surface area (TPSA) is 84.6 Å². The summed E-state index contributed by atoms with van der Waals surface area (Å²) in [7, 11) is 0. The van der Waals surface area contributed by atoms with Gasteiger partial charge in [0, 0.05) is 19.0 Å². The van der Waals surface area contributed by atoms with Gasteiger partial charge in [-0.2, -0.15) is 4.52 Å². The number of nitrogens with zero attached hydrogens (tertiary/aromatic N) is 5. The number of hydrogen-bond acceptors (Lipinski definition) is 6. The lowest BCUT2D eigenvalue weighted by molar-refractivity contribution is -0.120. The summed E-state index contributed by atoms with van der Waals surface area (Å²) in [5.41, 5.74) is 1.40. The predicted octanol–water partition coefficient (Wildman–Crippen LogP) is 3.77. The Labute approximate surface area is 179 Å². The minimum Gasteiger partial charge on any atom is -0.455 e. The summed E-state index contributed by atoms with van der Waals surface area (Å²) in [4.78, 5) is 15.1. The fourth-order valence-corrected chi connectivity index (χ4v) is 3.77. The zero-order valence-corrected chi connectivity index (χ0v) is 16.9. The van der Waals surface area contributed by atoms with E-state index in [0.29, 0.717) is 11.4 Å². The zero-order valence-electron chi connectivity index (χ0n) is 16.9. The van der Waals surface area contributed by atoms with Crippen molar-refractivity contribution in [3.63, 3.8) is 0 Å². The third-order valence-corrected chi connectivity index (χ3v) is 5.45. The molecule has 1 aliphatic heterocycles. The molecule has 31 heavy (non-hydrogen) atoms. The number of para-hydroxylation sites is 3. The molecule has 0 atom stereocenters. The summed E-state index contributed by atoms with van der Waals surface area (Å²) in [6, 6.07) is 20.9. The lowest BCUT2D eigenvalue weighted by Gasteiger charge is -2.32. The molecule has 1 amide bonds. The third kappa shape index (κ3) is 4.18. The molecule has 2 aromatic heterocycles. The second kappa shape index (κ2) is 8.43. The highest BCUT2D eigenvalue weighted by Crippen LogP contribution is 2.30. The van der Waals surface area contributed by atoms with Crippen LogP contribution in [0.3, 0.4) is 0 Å². The minimum absolute atomic E-state index is 0.0194. The number of benzene rings is 2. The molecule has 156 valence electrons. The number of piperidine rings is 1. The van der Waals surface area contributed by atoms with Crippen LogP contribution in [0.5, 0.6) is 11.5 Å². The maximum atomic E-state index is 12.9. The molecule has 5 rings (SSSR count). The quantitative estimate of drug-likeness (QED) is 0.535. The largest absolute Gasteiger partial charge is 0.455 e. The summed E-state index contributed by atoms with van der Waals surface area (Å²) < 4.78 is 7.62. The van der Waals surface area contributed by atoms with Gasteiger partial charge in [-0.3, -0.25) is 4.79 Å². The van der Waals surface area contributed by atoms with E-state index in [1.807, 2.05) is 66.7 Å². The van der Waals surface area contributed by atoms with E-state index in [9.17, 15) is 4.79 Å². The SMILES string of the molecule is O=C(Nc1ccccc1Oc1ccccc1)C1CCN(c2ccc3nncn3n2)CC1. The molecule has 8 heteroatoms. The Kier molecular flexibility index (Phi) is 5.18. The van der Waals surface area contributed by atoms with E-state index < -0.39 is 0 Å². The Bertz CT molecular complexity index is 1180. The van der Waals surface area contributed by atoms with Crippen LogP contribution >= 0.6 is 0 Å². The van der Waals surface area contributed by atoms with Crippen LogP contribution in [0.25, 0.3) is 5.65 Å². The Morgan fingerprint density at radius 2 is 1.74 bits per heavy atom. The van der Waals surface area contributed by atoms with Gasteiger partial charge in [0.2, 0.25) is 5.91 Å². The number of rotatable bonds is 5. The molecule has 4 aromatic rings. The van der Waals surface area contributed by atoms with E-state index in [1.54, 1.807) is 10.8 Å². The average molecular weight is 414 g/mol. The molecule has 0 spiro atoms. The maximum Gasteiger partial charge on any atom is 0.227 e. The van der Waals surface area contributed by atoms with Crippen molar-refractivity contribution in [1.82, 2.24) is 19.8 Å². The van der Waals surface area contributed by atoms with Crippen molar-refractivity contribution in [3.05, 3.63) is 73.1 Å². The summed E-state index contributed by atoms with van der Waals surface area (Å²) >= 11 is 0. The van der Waals surface area contributed by atoms with Gasteiger partial charge in [0.1, 0.15) is 17.9 Å². The number of hydrogen-bond donors (Lipinski definition) is 1. The molecular weight excluding hydrogens is 392 g/mol. The first-order valence-corrected chi connectivity index (χ1v) is 10.3. The van der Waals surface area contributed by atoms with Crippen LogP contribution in [0.4, 0.5) is 11.5 Å². The van der Waals surface area contributed by atoms with Crippen LogP contribution in [0.2, 0.25) is 0 Å². The highest BCUT2D eigenvalue weighted by molar-refractivity contribution is 5.94. The van der Waals surface area contributed by atoms with Gasteiger partial charge in [-0.15, -0.1) is 15.3 Å². The highest BCUT2D eigenvalue weighted by Gasteiger charge is 2.26. The van der Waals surface area contributed by atoms with Gasteiger partial charge in [0.15, 0.2) is 11.4 Å². The van der Waals surface area contributed by atoms with Crippen LogP contribution in [-0.2, 0) is 4.79 Å². The Morgan fingerprint density at radius 1 is 0.968 bits per heavy atom. The molecule has 0 radical (unpaired) electrons. The van der Waals surface area contributed by atoms with Crippen molar-refractivity contribution in [3.8, 4) is 11.5 Å². The van der Waals surface area contributed by atoms with Crippen molar-refractivity contribution in [2.75, 3.05) is 23.3 Å². The van der Waals surface area contributed by atoms with E-state index >= 15 is 0 Å². The van der Waals surface area contributed by atoms with Gasteiger partial charge in [-0.05, 0) is 49.2 Å². The molecule has 1 N–H and O–H groups in total. The average Bonchev–Trinajstić information content (AvgIpc) is 3.29. The summed E-state index contributed by atoms with van der Waals surface area (Å²) in [6.45, 7) is 1.53. The van der Waals surface area contributed by atoms with Crippen molar-refractivity contribution in [2.24, 2.45) is 5.92 Å². The summed E-state index contributed by atoms with van der Waals surface area (Å²) in [5, 5.41) is 15.5. The first kappa shape index (κ1) is 19.0. The molecule has 1 aliphatic rings. The van der Waals surface area contributed by atoms with Crippen LogP contribution in [0, 0.1) is 5.92 Å². The second-order valence-electron chi connectivity index (χ2n) is 7.49. The maximum absolute atomic E-state index is 12.9. The van der Waals surface area contributed by atoms with Gasteiger partial charge < -0.3 is 15.0 Å². The van der Waals surface area contributed by atoms with Crippen molar-refractivity contribution >= 4 is 23.1 Å². The van der Waals surface area contributed by atoms with Crippen molar-refractivity contribution < 1.29 is 9.53 Å². The Balaban J connectivity index is 1.22. The fraction of sp³-hybridized carbons (Fsp3) is 0.217. The van der Waals surface area contributed by atoms with E-state index in [4.69, 9.17) is 4.74 Å². The Hall–Kier alpha value is -3.94. The molecule has 0 unspecified atom stereocenters. The van der Waals surface area contributed by atoms with E-state index in [2.05, 4.69) is 25.5 Å². The number of aromatic nitrogens is 4. The molecule has 0 bridgehead atoms. The predicted molar refractivity (Wildman–Crippen MR) is 117 cm³/mol. The van der Waals surface area contributed by atoms with E-state index in [-0.39, 0.29) is 11.8 Å². The first-order chi connectivity index (χ1) is 15.3. The molecule has 0 saturated carbocycles. The number of amides is 1. The molecule has 3 heterocycles. The van der Waals surface area contributed by atoms with Crippen LogP contribution in [0.1, 0.15) is 12.8 Å². The molecule has 0 aliphatic carbocycles. The van der Waals surface area contributed by atoms with Gasteiger partial charge in [-0.25, -0.2) is 0 Å². The normalized spacial score (nSPS) is 14.5. The number of fused-ring (bicyclic) bond motifs is 1. The lowest BCUT2D eigenvalue weighted by Crippen LogP contribution is -2.38. The smallest absolute Gasteiger partial charge is 0.227 e. The van der Waals surface area contributed by atoms with Gasteiger partial charge in [-0.1, -0.05) is 30.3 Å². The van der Waals surface area contributed by atoms with Crippen LogP contribution in [-0.4, -0.2) is 38.8 Å². The van der Waals surface area contributed by atoms with Crippen LogP contribution < -0.4 is 15.0 Å². The molecular formula is C23H22N6O2. The first-order valence-electron chi connectivity index (χ1n) is 10.3. The van der Waals surface area contributed by atoms with E-state index in [0.717, 1.165) is 43.1 Å². The minimum atomic E-state index is -0.0559. The molecule has 1 saturated heterocycles. The number of carbonyl (C=O) groups is 1. The number of anilines is 2. The lowest BCUT2D eigenvalue weighted by atomic mass is 9.95. The summed E-state index contributed by atoms with van der Waals surface area (Å²) in [5.74, 6) is 2.19. The zero-order chi connectivity index (χ0) is 21.0. The number of nitrogens with one attached hydrogen (secondary N) is 1. The third-order valence-electron chi connectivity index (χ3n) is 5.45. The molecule has 8 nitrogen and oxygen atoms in total. The van der Waals surface area contributed by atoms with Gasteiger partial charge >= 0.3 is 0 Å². The number of ether oxygens (including phenoxy) is 1. The molecule has 2 aromatic carbocycles. The van der Waals surface area contributed by atoms with Crippen molar-refractivity contribution in [2.45, 2.75) is 12.8 Å². The number of carbonyl (C=O) groups excluding carboxylic acids is 1. The van der Waals surface area contributed by atoms with Gasteiger partial charge in [0.05, 0.1) is 5.69 Å². The monoisotopic (exact) mass is 414 g/mol. The highest BCUT2D eigenvalue weighted by atomic mass is 16.5. The molecule has 1 fully saturated rings. The van der Waals surface area contributed by atoms with Gasteiger partial charge in [0.25, 0.3) is 0 Å². The fourth-order valence-electron chi connectivity index (χ4n) is 3.77. The van der Waals surface area contributed by atoms with E-state index in [1.165, 1.54) is 0 Å². The second-order valence-corrected chi connectivity index (χ2v) is 7.49. The van der Waals surface area contributed by atoms with Crippen molar-refractivity contribution in [1.29, 1.82) is 0 Å². The Morgan fingerprint density at radius 3 is 2.58 bits per heavy atom. The summed E-state index contributed by atoms with van der Waals surface area (Å²) in [6.07, 6.45) is 3.11. The standard InChI is InChI=1S/C23H22N6O2/c30-23(25-19-8-4-5-9-20(19)31-18-6-2-1-3-7-18)17-12-14-28(15-13-17)22-11-10-21-26-24-16-29(21)27-22/h1-11,16-17H,12-15H2,(H,25,30). The van der Waals surface area contributed by atoms with Crippen LogP contribution in [0.15, 0.2) is 73.1 Å².